The van der Waals surface area contributed by atoms with E-state index in [1.54, 1.807) is 16.4 Å². The predicted octanol–water partition coefficient (Wildman–Crippen LogP) is 5.69. The summed E-state index contributed by atoms with van der Waals surface area (Å²) >= 11 is 5.16. The molecule has 0 unspecified atom stereocenters. The van der Waals surface area contributed by atoms with Crippen LogP contribution in [0.5, 0.6) is 0 Å². The minimum Gasteiger partial charge on any atom is -0.460 e. The summed E-state index contributed by atoms with van der Waals surface area (Å²) in [5.74, 6) is 2.77. The van der Waals surface area contributed by atoms with Crippen molar-refractivity contribution in [2.75, 3.05) is 12.3 Å². The van der Waals surface area contributed by atoms with E-state index in [1.165, 1.54) is 5.56 Å². The molecule has 4 rings (SSSR count). The lowest BCUT2D eigenvalue weighted by molar-refractivity contribution is 0.493. The second-order valence-corrected chi connectivity index (χ2v) is 8.79. The van der Waals surface area contributed by atoms with Gasteiger partial charge in [-0.25, -0.2) is 0 Å². The van der Waals surface area contributed by atoms with Crippen molar-refractivity contribution in [2.45, 2.75) is 25.0 Å². The number of hydrogen-bond donors (Lipinski definition) is 1. The molecule has 162 valence electrons. The first-order valence-corrected chi connectivity index (χ1v) is 11.5. The van der Waals surface area contributed by atoms with Crippen molar-refractivity contribution >= 4 is 40.1 Å². The van der Waals surface area contributed by atoms with Gasteiger partial charge < -0.3 is 9.73 Å². The van der Waals surface area contributed by atoms with E-state index < -0.39 is 0 Å². The van der Waals surface area contributed by atoms with Gasteiger partial charge in [0, 0.05) is 15.8 Å². The molecule has 0 saturated carbocycles. The Hall–Kier alpha value is -2.13. The molecule has 1 N–H and O–H groups in total. The van der Waals surface area contributed by atoms with Crippen LogP contribution in [0.1, 0.15) is 17.7 Å². The maximum absolute atomic E-state index is 6.01. The maximum atomic E-state index is 6.01. The first kappa shape index (κ1) is 23.5. The Bertz CT molecular complexity index is 1100. The van der Waals surface area contributed by atoms with E-state index in [9.17, 15) is 0 Å². The maximum Gasteiger partial charge on any atom is 0.214 e. The monoisotopic (exact) mass is 519 g/mol. The number of tetrazole rings is 1. The fraction of sp³-hybridized carbons (Fsp3) is 0.227. The van der Waals surface area contributed by atoms with E-state index in [-0.39, 0.29) is 12.4 Å². The van der Waals surface area contributed by atoms with E-state index in [0.29, 0.717) is 6.54 Å². The minimum absolute atomic E-state index is 0. The Morgan fingerprint density at radius 1 is 1.10 bits per heavy atom. The zero-order valence-corrected chi connectivity index (χ0v) is 20.2. The third kappa shape index (κ3) is 6.20. The summed E-state index contributed by atoms with van der Waals surface area (Å²) in [5.41, 5.74) is 3.28. The van der Waals surface area contributed by atoms with E-state index in [4.69, 9.17) is 4.42 Å². The van der Waals surface area contributed by atoms with Crippen LogP contribution in [0.15, 0.2) is 74.7 Å². The van der Waals surface area contributed by atoms with E-state index >= 15 is 0 Å². The first-order chi connectivity index (χ1) is 14.7. The molecule has 4 aromatic rings. The number of aryl methyl sites for hydroxylation is 1. The number of aromatic nitrogens is 4. The van der Waals surface area contributed by atoms with Crippen LogP contribution in [-0.2, 0) is 6.54 Å². The van der Waals surface area contributed by atoms with Gasteiger partial charge in [-0.3, -0.25) is 0 Å². The van der Waals surface area contributed by atoms with Crippen molar-refractivity contribution in [3.8, 4) is 17.0 Å². The van der Waals surface area contributed by atoms with Crippen molar-refractivity contribution in [3.05, 3.63) is 76.5 Å². The molecule has 0 amide bonds. The third-order valence-corrected chi connectivity index (χ3v) is 6.08. The van der Waals surface area contributed by atoms with Crippen LogP contribution >= 0.6 is 40.1 Å². The highest BCUT2D eigenvalue weighted by atomic mass is 79.9. The van der Waals surface area contributed by atoms with Gasteiger partial charge in [-0.2, -0.15) is 4.68 Å². The number of hydrogen-bond acceptors (Lipinski definition) is 6. The second kappa shape index (κ2) is 11.5. The Kier molecular flexibility index (Phi) is 8.71. The number of furan rings is 1. The number of nitrogens with one attached hydrogen (secondary N) is 1. The molecule has 2 aromatic carbocycles. The number of halogens is 2. The molecule has 2 aromatic heterocycles. The molecule has 0 radical (unpaired) electrons. The molecule has 0 aliphatic carbocycles. The summed E-state index contributed by atoms with van der Waals surface area (Å²) in [6, 6.07) is 20.2. The second-order valence-electron chi connectivity index (χ2n) is 6.81. The Labute approximate surface area is 200 Å². The molecule has 31 heavy (non-hydrogen) atoms. The van der Waals surface area contributed by atoms with Gasteiger partial charge in [0.2, 0.25) is 5.16 Å². The Morgan fingerprint density at radius 3 is 2.74 bits per heavy atom. The van der Waals surface area contributed by atoms with Crippen LogP contribution in [0.4, 0.5) is 0 Å². The number of thioether (sulfide) groups is 1. The van der Waals surface area contributed by atoms with Crippen LogP contribution in [0.25, 0.3) is 17.0 Å². The van der Waals surface area contributed by atoms with E-state index in [1.807, 2.05) is 48.5 Å². The summed E-state index contributed by atoms with van der Waals surface area (Å²) < 4.78 is 8.85. The summed E-state index contributed by atoms with van der Waals surface area (Å²) in [4.78, 5) is 0. The van der Waals surface area contributed by atoms with Crippen LogP contribution in [0.2, 0.25) is 0 Å². The fourth-order valence-electron chi connectivity index (χ4n) is 3.09. The number of nitrogens with zero attached hydrogens (tertiary/aromatic N) is 4. The highest BCUT2D eigenvalue weighted by Crippen LogP contribution is 2.27. The van der Waals surface area contributed by atoms with Gasteiger partial charge >= 0.3 is 0 Å². The SMILES string of the molecule is Cc1cc(Br)ccc1-c1ccc(CNCCCSc2nnnn2-c2ccccc2)o1.Cl. The van der Waals surface area contributed by atoms with Gasteiger partial charge in [-0.05, 0) is 78.3 Å². The number of rotatable bonds is 9. The lowest BCUT2D eigenvalue weighted by atomic mass is 10.1. The van der Waals surface area contributed by atoms with Crippen LogP contribution in [0.3, 0.4) is 0 Å². The molecule has 2 heterocycles. The average Bonchev–Trinajstić information content (AvgIpc) is 3.41. The van der Waals surface area contributed by atoms with Crippen molar-refractivity contribution in [1.82, 2.24) is 25.5 Å². The van der Waals surface area contributed by atoms with Crippen molar-refractivity contribution in [3.63, 3.8) is 0 Å². The summed E-state index contributed by atoms with van der Waals surface area (Å²) in [6.45, 7) is 3.70. The molecule has 0 saturated heterocycles. The lowest BCUT2D eigenvalue weighted by Crippen LogP contribution is -2.14. The van der Waals surface area contributed by atoms with E-state index in [0.717, 1.165) is 51.1 Å². The Morgan fingerprint density at radius 2 is 1.94 bits per heavy atom. The van der Waals surface area contributed by atoms with Gasteiger partial charge in [0.1, 0.15) is 11.5 Å². The lowest BCUT2D eigenvalue weighted by Gasteiger charge is -2.05. The van der Waals surface area contributed by atoms with E-state index in [2.05, 4.69) is 55.8 Å². The molecule has 0 bridgehead atoms. The molecule has 9 heteroatoms. The predicted molar refractivity (Wildman–Crippen MR) is 130 cm³/mol. The molecule has 0 spiro atoms. The third-order valence-electron chi connectivity index (χ3n) is 4.59. The smallest absolute Gasteiger partial charge is 0.214 e. The number of para-hydroxylation sites is 1. The molecule has 0 atom stereocenters. The number of benzene rings is 2. The molecule has 0 fully saturated rings. The van der Waals surface area contributed by atoms with Crippen LogP contribution in [0, 0.1) is 6.92 Å². The molecule has 0 aliphatic rings. The fourth-order valence-corrected chi connectivity index (χ4v) is 4.40. The average molecular weight is 521 g/mol. The van der Waals surface area contributed by atoms with Gasteiger partial charge in [-0.1, -0.05) is 45.9 Å². The van der Waals surface area contributed by atoms with Gasteiger partial charge in [0.05, 0.1) is 12.2 Å². The largest absolute Gasteiger partial charge is 0.460 e. The minimum atomic E-state index is 0. The van der Waals surface area contributed by atoms with Gasteiger partial charge in [0.15, 0.2) is 0 Å². The highest BCUT2D eigenvalue weighted by Gasteiger charge is 2.09. The van der Waals surface area contributed by atoms with Gasteiger partial charge in [-0.15, -0.1) is 17.5 Å². The summed E-state index contributed by atoms with van der Waals surface area (Å²) in [5, 5.41) is 16.3. The standard InChI is InChI=1S/C22H22BrN5OS.ClH/c1-16-14-17(23)8-10-20(16)21-11-9-19(29-21)15-24-12-5-13-30-22-25-26-27-28(22)18-6-3-2-4-7-18;/h2-4,6-11,14,24H,5,12-13,15H2,1H3;1H. The normalized spacial score (nSPS) is 10.8. The summed E-state index contributed by atoms with van der Waals surface area (Å²) in [7, 11) is 0. The van der Waals surface area contributed by atoms with Crippen molar-refractivity contribution in [2.24, 2.45) is 0 Å². The molecular formula is C22H23BrClN5OS. The highest BCUT2D eigenvalue weighted by molar-refractivity contribution is 9.10. The van der Waals surface area contributed by atoms with Crippen molar-refractivity contribution in [1.29, 1.82) is 0 Å². The molecule has 6 nitrogen and oxygen atoms in total. The quantitative estimate of drug-likeness (QED) is 0.226. The zero-order chi connectivity index (χ0) is 20.8. The van der Waals surface area contributed by atoms with Crippen LogP contribution in [-0.4, -0.2) is 32.5 Å². The Balaban J connectivity index is 0.00000272. The van der Waals surface area contributed by atoms with Crippen molar-refractivity contribution < 1.29 is 4.42 Å². The van der Waals surface area contributed by atoms with Crippen LogP contribution < -0.4 is 5.32 Å². The molecule has 0 aliphatic heterocycles. The first-order valence-electron chi connectivity index (χ1n) is 9.73. The summed E-state index contributed by atoms with van der Waals surface area (Å²) in [6.07, 6.45) is 1.01. The molecular weight excluding hydrogens is 498 g/mol. The van der Waals surface area contributed by atoms with Gasteiger partial charge in [0.25, 0.3) is 0 Å². The zero-order valence-electron chi connectivity index (χ0n) is 17.0. The topological polar surface area (TPSA) is 68.8 Å².